The number of anilines is 1. The highest BCUT2D eigenvalue weighted by atomic mass is 32.1. The number of hydrogen-bond acceptors (Lipinski definition) is 6. The Hall–Kier alpha value is -3.07. The van der Waals surface area contributed by atoms with Crippen molar-refractivity contribution in [1.29, 1.82) is 0 Å². The molecule has 0 spiro atoms. The summed E-state index contributed by atoms with van der Waals surface area (Å²) in [4.78, 5) is 50.0. The first-order chi connectivity index (χ1) is 14.8. The highest BCUT2D eigenvalue weighted by molar-refractivity contribution is 7.20. The molecule has 9 heteroatoms. The molecule has 1 unspecified atom stereocenters. The average Bonchev–Trinajstić information content (AvgIpc) is 3.07. The Labute approximate surface area is 183 Å². The van der Waals surface area contributed by atoms with E-state index in [-0.39, 0.29) is 30.0 Å². The fourth-order valence-electron chi connectivity index (χ4n) is 3.98. The molecule has 0 aromatic carbocycles. The smallest absolute Gasteiger partial charge is 0.267 e. The third-order valence-electron chi connectivity index (χ3n) is 5.68. The molecule has 31 heavy (non-hydrogen) atoms. The van der Waals surface area contributed by atoms with E-state index in [1.807, 2.05) is 30.9 Å². The van der Waals surface area contributed by atoms with Gasteiger partial charge < -0.3 is 10.2 Å². The molecule has 1 fully saturated rings. The molecule has 2 amide bonds. The van der Waals surface area contributed by atoms with E-state index in [4.69, 9.17) is 0 Å². The van der Waals surface area contributed by atoms with E-state index in [1.54, 1.807) is 13.0 Å². The van der Waals surface area contributed by atoms with Gasteiger partial charge in [0.25, 0.3) is 11.5 Å². The summed E-state index contributed by atoms with van der Waals surface area (Å²) >= 11 is 1.17. The normalized spacial score (nSPS) is 16.5. The number of piperidine rings is 1. The van der Waals surface area contributed by atoms with Crippen LogP contribution in [0.1, 0.15) is 47.1 Å². The van der Waals surface area contributed by atoms with Crippen LogP contribution in [-0.4, -0.2) is 43.8 Å². The molecule has 0 saturated carbocycles. The van der Waals surface area contributed by atoms with Crippen molar-refractivity contribution in [1.82, 2.24) is 19.4 Å². The molecule has 1 atom stereocenters. The summed E-state index contributed by atoms with van der Waals surface area (Å²) < 4.78 is 1.34. The predicted octanol–water partition coefficient (Wildman–Crippen LogP) is 3.12. The molecular weight excluding hydrogens is 414 g/mol. The van der Waals surface area contributed by atoms with Crippen molar-refractivity contribution in [2.24, 2.45) is 0 Å². The molecule has 0 bridgehead atoms. The van der Waals surface area contributed by atoms with E-state index in [1.165, 1.54) is 22.2 Å². The number of aryl methyl sites for hydroxylation is 2. The Morgan fingerprint density at radius 2 is 2.06 bits per heavy atom. The number of nitrogens with one attached hydrogen (secondary N) is 1. The number of carbonyl (C=O) groups excluding carboxylic acids is 2. The number of thiophene rings is 1. The lowest BCUT2D eigenvalue weighted by atomic mass is 10.0. The largest absolute Gasteiger partial charge is 0.338 e. The van der Waals surface area contributed by atoms with Gasteiger partial charge in [-0.25, -0.2) is 9.97 Å². The molecule has 1 aliphatic rings. The van der Waals surface area contributed by atoms with Crippen molar-refractivity contribution >= 4 is 39.2 Å². The summed E-state index contributed by atoms with van der Waals surface area (Å²) in [6, 6.07) is 5.56. The molecule has 0 radical (unpaired) electrons. The molecule has 8 nitrogen and oxygen atoms in total. The number of amides is 2. The first-order valence-corrected chi connectivity index (χ1v) is 11.2. The van der Waals surface area contributed by atoms with Crippen molar-refractivity contribution in [3.8, 4) is 0 Å². The van der Waals surface area contributed by atoms with Crippen LogP contribution in [-0.2, 0) is 11.3 Å². The lowest BCUT2D eigenvalue weighted by molar-refractivity contribution is -0.135. The third-order valence-corrected chi connectivity index (χ3v) is 6.88. The number of carbonyl (C=O) groups is 2. The number of nitrogens with zero attached hydrogens (tertiary/aromatic N) is 4. The number of fused-ring (bicyclic) bond motifs is 1. The fraction of sp³-hybridized carbons (Fsp3) is 0.409. The van der Waals surface area contributed by atoms with Gasteiger partial charge in [-0.2, -0.15) is 0 Å². The van der Waals surface area contributed by atoms with Gasteiger partial charge in [-0.3, -0.25) is 19.0 Å². The van der Waals surface area contributed by atoms with E-state index >= 15 is 0 Å². The zero-order chi connectivity index (χ0) is 22.1. The SMILES string of the molecule is Cc1cccc(NC(=O)c2sc3ncn(CC(=O)N4CCCCC4C)c(=O)c3c2C)n1. The lowest BCUT2D eigenvalue weighted by Crippen LogP contribution is -2.44. The van der Waals surface area contributed by atoms with Gasteiger partial charge in [0.05, 0.1) is 16.6 Å². The molecule has 4 heterocycles. The maximum Gasteiger partial charge on any atom is 0.267 e. The second-order valence-corrected chi connectivity index (χ2v) is 8.96. The van der Waals surface area contributed by atoms with E-state index in [2.05, 4.69) is 15.3 Å². The number of aromatic nitrogens is 3. The molecular formula is C22H25N5O3S. The molecule has 0 aliphatic carbocycles. The number of rotatable bonds is 4. The van der Waals surface area contributed by atoms with Crippen LogP contribution in [0.5, 0.6) is 0 Å². The summed E-state index contributed by atoms with van der Waals surface area (Å²) in [5.41, 5.74) is 1.06. The lowest BCUT2D eigenvalue weighted by Gasteiger charge is -2.33. The van der Waals surface area contributed by atoms with Gasteiger partial charge >= 0.3 is 0 Å². The maximum atomic E-state index is 13.1. The van der Waals surface area contributed by atoms with Gasteiger partial charge in [0.1, 0.15) is 17.2 Å². The average molecular weight is 440 g/mol. The monoisotopic (exact) mass is 439 g/mol. The first-order valence-electron chi connectivity index (χ1n) is 10.4. The van der Waals surface area contributed by atoms with Crippen LogP contribution in [0.3, 0.4) is 0 Å². The zero-order valence-electron chi connectivity index (χ0n) is 17.8. The Bertz CT molecular complexity index is 1220. The maximum absolute atomic E-state index is 13.1. The molecule has 1 aliphatic heterocycles. The minimum atomic E-state index is -0.331. The highest BCUT2D eigenvalue weighted by Crippen LogP contribution is 2.27. The van der Waals surface area contributed by atoms with Crippen LogP contribution in [0, 0.1) is 13.8 Å². The molecule has 1 saturated heterocycles. The molecule has 4 rings (SSSR count). The fourth-order valence-corrected chi connectivity index (χ4v) is 5.01. The standard InChI is InChI=1S/C22H25N5O3S/c1-13-7-6-9-16(24-13)25-20(29)19-15(3)18-21(31-19)23-12-26(22(18)30)11-17(28)27-10-5-4-8-14(27)2/h6-7,9,12,14H,4-5,8,10-11H2,1-3H3,(H,24,25,29). The van der Waals surface area contributed by atoms with E-state index < -0.39 is 0 Å². The predicted molar refractivity (Wildman–Crippen MR) is 121 cm³/mol. The highest BCUT2D eigenvalue weighted by Gasteiger charge is 2.25. The van der Waals surface area contributed by atoms with Crippen LogP contribution in [0.25, 0.3) is 10.2 Å². The van der Waals surface area contributed by atoms with Crippen molar-refractivity contribution < 1.29 is 9.59 Å². The molecule has 3 aromatic rings. The second kappa shape index (κ2) is 8.58. The molecule has 3 aromatic heterocycles. The van der Waals surface area contributed by atoms with Gasteiger partial charge in [-0.15, -0.1) is 11.3 Å². The minimum absolute atomic E-state index is 0.0455. The summed E-state index contributed by atoms with van der Waals surface area (Å²) in [6.07, 6.45) is 4.49. The topological polar surface area (TPSA) is 97.2 Å². The van der Waals surface area contributed by atoms with Gasteiger partial charge in [0.15, 0.2) is 0 Å². The number of hydrogen-bond donors (Lipinski definition) is 1. The van der Waals surface area contributed by atoms with Gasteiger partial charge in [-0.05, 0) is 57.7 Å². The van der Waals surface area contributed by atoms with Gasteiger partial charge in [0.2, 0.25) is 5.91 Å². The van der Waals surface area contributed by atoms with Crippen LogP contribution in [0.15, 0.2) is 29.3 Å². The van der Waals surface area contributed by atoms with Crippen LogP contribution in [0.4, 0.5) is 5.82 Å². The van der Waals surface area contributed by atoms with Crippen molar-refractivity contribution in [3.63, 3.8) is 0 Å². The Kier molecular flexibility index (Phi) is 5.86. The van der Waals surface area contributed by atoms with Gasteiger partial charge in [0, 0.05) is 18.3 Å². The Balaban J connectivity index is 1.61. The van der Waals surface area contributed by atoms with E-state index in [0.29, 0.717) is 26.5 Å². The van der Waals surface area contributed by atoms with Crippen molar-refractivity contribution in [2.45, 2.75) is 52.6 Å². The van der Waals surface area contributed by atoms with E-state index in [0.717, 1.165) is 31.5 Å². The second-order valence-electron chi connectivity index (χ2n) is 7.96. The van der Waals surface area contributed by atoms with Crippen molar-refractivity contribution in [2.75, 3.05) is 11.9 Å². The van der Waals surface area contributed by atoms with Crippen LogP contribution >= 0.6 is 11.3 Å². The number of pyridine rings is 1. The summed E-state index contributed by atoms with van der Waals surface area (Å²) in [5, 5.41) is 3.16. The first kappa shape index (κ1) is 21.2. The van der Waals surface area contributed by atoms with E-state index in [9.17, 15) is 14.4 Å². The summed E-state index contributed by atoms with van der Waals surface area (Å²) in [5.74, 6) is 0.0445. The summed E-state index contributed by atoms with van der Waals surface area (Å²) in [7, 11) is 0. The summed E-state index contributed by atoms with van der Waals surface area (Å²) in [6.45, 7) is 6.30. The van der Waals surface area contributed by atoms with Gasteiger partial charge in [-0.1, -0.05) is 6.07 Å². The molecule has 1 N–H and O–H groups in total. The molecule has 162 valence electrons. The minimum Gasteiger partial charge on any atom is -0.338 e. The Morgan fingerprint density at radius 3 is 2.81 bits per heavy atom. The quantitative estimate of drug-likeness (QED) is 0.674. The Morgan fingerprint density at radius 1 is 1.26 bits per heavy atom. The number of likely N-dealkylation sites (tertiary alicyclic amines) is 1. The zero-order valence-corrected chi connectivity index (χ0v) is 18.7. The van der Waals surface area contributed by atoms with Crippen LogP contribution < -0.4 is 10.9 Å². The van der Waals surface area contributed by atoms with Crippen LogP contribution in [0.2, 0.25) is 0 Å². The van der Waals surface area contributed by atoms with Crippen molar-refractivity contribution in [3.05, 3.63) is 51.0 Å². The third kappa shape index (κ3) is 4.23.